The van der Waals surface area contributed by atoms with Crippen molar-refractivity contribution in [2.24, 2.45) is 0 Å². The van der Waals surface area contributed by atoms with Crippen LogP contribution in [0.15, 0.2) is 34.5 Å². The highest BCUT2D eigenvalue weighted by Gasteiger charge is 2.23. The highest BCUT2D eigenvalue weighted by molar-refractivity contribution is 7.93. The monoisotopic (exact) mass is 324 g/mol. The molecule has 6 heteroatoms. The molecule has 2 N–H and O–H groups in total. The Bertz CT molecular complexity index is 721. The van der Waals surface area contributed by atoms with Crippen molar-refractivity contribution in [3.05, 3.63) is 45.6 Å². The molecule has 1 aromatic heterocycles. The molecule has 0 amide bonds. The number of anilines is 1. The van der Waals surface area contributed by atoms with Crippen LogP contribution in [0.5, 0.6) is 0 Å². The van der Waals surface area contributed by atoms with Gasteiger partial charge < -0.3 is 5.32 Å². The molecule has 0 saturated carbocycles. The number of thiophene rings is 1. The van der Waals surface area contributed by atoms with Crippen molar-refractivity contribution in [2.45, 2.75) is 32.2 Å². The second-order valence-corrected chi connectivity index (χ2v) is 7.46. The summed E-state index contributed by atoms with van der Waals surface area (Å²) in [6.45, 7) is 7.09. The summed E-state index contributed by atoms with van der Waals surface area (Å²) in [6.07, 6.45) is 0. The molecule has 0 radical (unpaired) electrons. The molecule has 0 bridgehead atoms. The third kappa shape index (κ3) is 3.64. The minimum atomic E-state index is -3.56. The summed E-state index contributed by atoms with van der Waals surface area (Å²) in [7, 11) is -3.56. The number of benzene rings is 1. The Labute approximate surface area is 130 Å². The van der Waals surface area contributed by atoms with Crippen molar-refractivity contribution in [1.29, 1.82) is 0 Å². The van der Waals surface area contributed by atoms with Gasteiger partial charge in [0.2, 0.25) is 0 Å². The van der Waals surface area contributed by atoms with E-state index in [0.717, 1.165) is 22.5 Å². The van der Waals surface area contributed by atoms with E-state index in [2.05, 4.69) is 10.0 Å². The van der Waals surface area contributed by atoms with Gasteiger partial charge in [0.15, 0.2) is 0 Å². The molecule has 2 aromatic rings. The van der Waals surface area contributed by atoms with E-state index < -0.39 is 10.0 Å². The highest BCUT2D eigenvalue weighted by Crippen LogP contribution is 2.29. The topological polar surface area (TPSA) is 58.2 Å². The van der Waals surface area contributed by atoms with Crippen LogP contribution in [0.3, 0.4) is 0 Å². The zero-order valence-corrected chi connectivity index (χ0v) is 14.1. The zero-order chi connectivity index (χ0) is 15.5. The van der Waals surface area contributed by atoms with E-state index in [0.29, 0.717) is 17.1 Å². The van der Waals surface area contributed by atoms with E-state index in [1.807, 2.05) is 44.4 Å². The van der Waals surface area contributed by atoms with E-state index in [4.69, 9.17) is 0 Å². The number of rotatable bonds is 6. The van der Waals surface area contributed by atoms with Gasteiger partial charge in [-0.05, 0) is 43.0 Å². The molecule has 114 valence electrons. The van der Waals surface area contributed by atoms with E-state index >= 15 is 0 Å². The first-order chi connectivity index (χ1) is 9.95. The lowest BCUT2D eigenvalue weighted by atomic mass is 10.2. The van der Waals surface area contributed by atoms with Crippen LogP contribution in [0, 0.1) is 13.8 Å². The Balaban J connectivity index is 2.36. The zero-order valence-electron chi connectivity index (χ0n) is 12.4. The first kappa shape index (κ1) is 16.0. The average Bonchev–Trinajstić information content (AvgIpc) is 2.81. The van der Waals surface area contributed by atoms with Crippen molar-refractivity contribution in [3.63, 3.8) is 0 Å². The second kappa shape index (κ2) is 6.60. The van der Waals surface area contributed by atoms with Crippen LogP contribution in [0.2, 0.25) is 0 Å². The molecule has 2 rings (SSSR count). The number of sulfonamides is 1. The fraction of sp³-hybridized carbons (Fsp3) is 0.333. The van der Waals surface area contributed by atoms with Crippen LogP contribution in [0.4, 0.5) is 5.69 Å². The number of hydrogen-bond acceptors (Lipinski definition) is 4. The predicted molar refractivity (Wildman–Crippen MR) is 88.4 cm³/mol. The largest absolute Gasteiger partial charge is 0.312 e. The Morgan fingerprint density at radius 3 is 2.52 bits per heavy atom. The molecule has 0 aliphatic rings. The van der Waals surface area contributed by atoms with E-state index in [1.54, 1.807) is 6.07 Å². The maximum absolute atomic E-state index is 12.7. The molecule has 21 heavy (non-hydrogen) atoms. The van der Waals surface area contributed by atoms with Crippen LogP contribution in [0.1, 0.15) is 22.9 Å². The molecule has 0 aliphatic heterocycles. The predicted octanol–water partition coefficient (Wildman–Crippen LogP) is 3.28. The Hall–Kier alpha value is -1.37. The second-order valence-electron chi connectivity index (χ2n) is 4.87. The fourth-order valence-corrected chi connectivity index (χ4v) is 5.01. The summed E-state index contributed by atoms with van der Waals surface area (Å²) in [6, 6.07) is 7.38. The summed E-state index contributed by atoms with van der Waals surface area (Å²) < 4.78 is 28.1. The first-order valence-electron chi connectivity index (χ1n) is 6.82. The SMILES string of the molecule is CCNCc1scc(C)c1S(=O)(=O)Nc1ccccc1C. The molecule has 0 atom stereocenters. The Morgan fingerprint density at radius 2 is 1.86 bits per heavy atom. The van der Waals surface area contributed by atoms with Crippen molar-refractivity contribution < 1.29 is 8.42 Å². The lowest BCUT2D eigenvalue weighted by molar-refractivity contribution is 0.599. The number of para-hydroxylation sites is 1. The highest BCUT2D eigenvalue weighted by atomic mass is 32.2. The molecule has 4 nitrogen and oxygen atoms in total. The Morgan fingerprint density at radius 1 is 1.14 bits per heavy atom. The molecule has 0 aliphatic carbocycles. The van der Waals surface area contributed by atoms with E-state index in [9.17, 15) is 8.42 Å². The normalized spacial score (nSPS) is 11.6. The maximum Gasteiger partial charge on any atom is 0.263 e. The van der Waals surface area contributed by atoms with Gasteiger partial charge in [0.05, 0.1) is 5.69 Å². The van der Waals surface area contributed by atoms with Gasteiger partial charge in [0.1, 0.15) is 4.90 Å². The van der Waals surface area contributed by atoms with Crippen LogP contribution in [-0.2, 0) is 16.6 Å². The van der Waals surface area contributed by atoms with Gasteiger partial charge in [-0.3, -0.25) is 4.72 Å². The lowest BCUT2D eigenvalue weighted by Gasteiger charge is -2.12. The van der Waals surface area contributed by atoms with Crippen molar-refractivity contribution in [2.75, 3.05) is 11.3 Å². The molecule has 0 unspecified atom stereocenters. The van der Waals surface area contributed by atoms with Gasteiger partial charge in [-0.2, -0.15) is 0 Å². The number of nitrogens with one attached hydrogen (secondary N) is 2. The minimum Gasteiger partial charge on any atom is -0.312 e. The average molecular weight is 324 g/mol. The summed E-state index contributed by atoms with van der Waals surface area (Å²) in [5.74, 6) is 0. The van der Waals surface area contributed by atoms with Crippen LogP contribution in [0.25, 0.3) is 0 Å². The molecule has 0 saturated heterocycles. The molecule has 1 aromatic carbocycles. The number of aryl methyl sites for hydroxylation is 2. The number of hydrogen-bond donors (Lipinski definition) is 2. The summed E-state index contributed by atoms with van der Waals surface area (Å²) >= 11 is 1.48. The summed E-state index contributed by atoms with van der Waals surface area (Å²) in [5.41, 5.74) is 2.31. The van der Waals surface area contributed by atoms with Crippen LogP contribution >= 0.6 is 11.3 Å². The van der Waals surface area contributed by atoms with Gasteiger partial charge in [-0.1, -0.05) is 25.1 Å². The summed E-state index contributed by atoms with van der Waals surface area (Å²) in [5, 5.41) is 5.07. The smallest absolute Gasteiger partial charge is 0.263 e. The van der Waals surface area contributed by atoms with Crippen molar-refractivity contribution in [3.8, 4) is 0 Å². The molecular formula is C15H20N2O2S2. The Kier molecular flexibility index (Phi) is 5.03. The fourth-order valence-electron chi connectivity index (χ4n) is 2.09. The van der Waals surface area contributed by atoms with Crippen LogP contribution in [-0.4, -0.2) is 15.0 Å². The van der Waals surface area contributed by atoms with Gasteiger partial charge in [-0.25, -0.2) is 8.42 Å². The van der Waals surface area contributed by atoms with Gasteiger partial charge in [0, 0.05) is 11.4 Å². The van der Waals surface area contributed by atoms with Crippen LogP contribution < -0.4 is 10.0 Å². The molecule has 0 spiro atoms. The van der Waals surface area contributed by atoms with Crippen molar-refractivity contribution in [1.82, 2.24) is 5.32 Å². The maximum atomic E-state index is 12.7. The molecule has 1 heterocycles. The third-order valence-electron chi connectivity index (χ3n) is 3.18. The standard InChI is InChI=1S/C15H20N2O2S2/c1-4-16-9-14-15(12(3)10-20-14)21(18,19)17-13-8-6-5-7-11(13)2/h5-8,10,16-17H,4,9H2,1-3H3. The third-order valence-corrected chi connectivity index (χ3v) is 6.01. The van der Waals surface area contributed by atoms with Gasteiger partial charge in [-0.15, -0.1) is 11.3 Å². The first-order valence-corrected chi connectivity index (χ1v) is 9.18. The van der Waals surface area contributed by atoms with E-state index in [-0.39, 0.29) is 0 Å². The minimum absolute atomic E-state index is 0.400. The van der Waals surface area contributed by atoms with E-state index in [1.165, 1.54) is 11.3 Å². The molecular weight excluding hydrogens is 304 g/mol. The van der Waals surface area contributed by atoms with Crippen molar-refractivity contribution >= 4 is 27.0 Å². The van der Waals surface area contributed by atoms with Gasteiger partial charge >= 0.3 is 0 Å². The quantitative estimate of drug-likeness (QED) is 0.857. The van der Waals surface area contributed by atoms with Gasteiger partial charge in [0.25, 0.3) is 10.0 Å². The lowest BCUT2D eigenvalue weighted by Crippen LogP contribution is -2.18. The summed E-state index contributed by atoms with van der Waals surface area (Å²) in [4.78, 5) is 1.24. The molecule has 0 fully saturated rings.